The predicted molar refractivity (Wildman–Crippen MR) is 26.9 cm³/mol. The van der Waals surface area contributed by atoms with Gasteiger partial charge in [0, 0.05) is 0 Å². The first-order chi connectivity index (χ1) is 3.43. The second-order valence-electron chi connectivity index (χ2n) is 1.08. The Morgan fingerprint density at radius 3 is 2.75 bits per heavy atom. The third-order valence-corrected chi connectivity index (χ3v) is 0.619. The Kier molecular flexibility index (Phi) is 2.31. The molecule has 0 fully saturated rings. The SMILES string of the molecule is N#Cc1cnc[nH]1.O. The van der Waals surface area contributed by atoms with Crippen molar-refractivity contribution in [3.63, 3.8) is 0 Å². The molecule has 0 aliphatic carbocycles. The Labute approximate surface area is 46.1 Å². The molecule has 0 aliphatic rings. The second-order valence-corrected chi connectivity index (χ2v) is 1.08. The molecule has 4 heteroatoms. The molecule has 3 N–H and O–H groups in total. The molecular formula is C4H5N3O. The Morgan fingerprint density at radius 2 is 2.50 bits per heavy atom. The van der Waals surface area contributed by atoms with E-state index in [0.717, 1.165) is 0 Å². The number of H-pyrrole nitrogens is 1. The van der Waals surface area contributed by atoms with Crippen LogP contribution < -0.4 is 0 Å². The maximum atomic E-state index is 8.11. The van der Waals surface area contributed by atoms with Crippen molar-refractivity contribution in [3.05, 3.63) is 18.2 Å². The zero-order valence-corrected chi connectivity index (χ0v) is 4.05. The molecule has 0 radical (unpaired) electrons. The zero-order valence-electron chi connectivity index (χ0n) is 4.05. The highest BCUT2D eigenvalue weighted by atomic mass is 16.0. The minimum Gasteiger partial charge on any atom is -0.412 e. The molecule has 4 nitrogen and oxygen atoms in total. The maximum Gasteiger partial charge on any atom is 0.137 e. The average molecular weight is 111 g/mol. The molecule has 0 bridgehead atoms. The molecule has 0 atom stereocenters. The van der Waals surface area contributed by atoms with Crippen molar-refractivity contribution in [1.82, 2.24) is 9.97 Å². The molecule has 42 valence electrons. The summed E-state index contributed by atoms with van der Waals surface area (Å²) in [6, 6.07) is 1.89. The standard InChI is InChI=1S/C4H3N3.H2O/c5-1-4-2-6-3-7-4;/h2-3H,(H,6,7);1H2. The van der Waals surface area contributed by atoms with Gasteiger partial charge in [0.2, 0.25) is 0 Å². The lowest BCUT2D eigenvalue weighted by atomic mass is 10.6. The second kappa shape index (κ2) is 2.77. The molecule has 0 aliphatic heterocycles. The van der Waals surface area contributed by atoms with Gasteiger partial charge in [-0.2, -0.15) is 5.26 Å². The first kappa shape index (κ1) is 6.66. The van der Waals surface area contributed by atoms with E-state index >= 15 is 0 Å². The van der Waals surface area contributed by atoms with Crippen molar-refractivity contribution in [1.29, 1.82) is 5.26 Å². The Hall–Kier alpha value is -1.34. The number of hydrogen-bond acceptors (Lipinski definition) is 2. The summed E-state index contributed by atoms with van der Waals surface area (Å²) in [5.74, 6) is 0. The summed E-state index contributed by atoms with van der Waals surface area (Å²) in [5.41, 5.74) is 0.500. The van der Waals surface area contributed by atoms with Gasteiger partial charge in [-0.1, -0.05) is 0 Å². The summed E-state index contributed by atoms with van der Waals surface area (Å²) in [5, 5.41) is 8.11. The molecule has 8 heavy (non-hydrogen) atoms. The smallest absolute Gasteiger partial charge is 0.137 e. The number of nitrogens with zero attached hydrogens (tertiary/aromatic N) is 2. The molecule has 0 spiro atoms. The van der Waals surface area contributed by atoms with E-state index in [1.54, 1.807) is 0 Å². The minimum atomic E-state index is 0. The van der Waals surface area contributed by atoms with Gasteiger partial charge < -0.3 is 10.5 Å². The van der Waals surface area contributed by atoms with E-state index in [9.17, 15) is 0 Å². The van der Waals surface area contributed by atoms with Gasteiger partial charge in [0.15, 0.2) is 0 Å². The van der Waals surface area contributed by atoms with Crippen LogP contribution in [0.15, 0.2) is 12.5 Å². The first-order valence-electron chi connectivity index (χ1n) is 1.82. The molecule has 1 rings (SSSR count). The third kappa shape index (κ3) is 1.06. The number of rotatable bonds is 0. The van der Waals surface area contributed by atoms with Crippen LogP contribution in [-0.4, -0.2) is 15.4 Å². The van der Waals surface area contributed by atoms with Crippen molar-refractivity contribution in [2.45, 2.75) is 0 Å². The number of aromatic nitrogens is 2. The van der Waals surface area contributed by atoms with Crippen LogP contribution in [0.2, 0.25) is 0 Å². The van der Waals surface area contributed by atoms with Crippen molar-refractivity contribution < 1.29 is 5.48 Å². The van der Waals surface area contributed by atoms with Crippen LogP contribution >= 0.6 is 0 Å². The summed E-state index contributed by atoms with van der Waals surface area (Å²) >= 11 is 0. The van der Waals surface area contributed by atoms with E-state index in [0.29, 0.717) is 5.69 Å². The monoisotopic (exact) mass is 111 g/mol. The van der Waals surface area contributed by atoms with Gasteiger partial charge in [-0.3, -0.25) is 0 Å². The summed E-state index contributed by atoms with van der Waals surface area (Å²) in [4.78, 5) is 6.23. The topological polar surface area (TPSA) is 84.0 Å². The molecule has 0 saturated carbocycles. The summed E-state index contributed by atoms with van der Waals surface area (Å²) in [6.45, 7) is 0. The van der Waals surface area contributed by atoms with E-state index in [1.165, 1.54) is 12.5 Å². The number of imidazole rings is 1. The quantitative estimate of drug-likeness (QED) is 0.487. The number of aromatic amines is 1. The van der Waals surface area contributed by atoms with Gasteiger partial charge in [0.05, 0.1) is 12.5 Å². The minimum absolute atomic E-state index is 0. The van der Waals surface area contributed by atoms with Crippen molar-refractivity contribution >= 4 is 0 Å². The van der Waals surface area contributed by atoms with Crippen molar-refractivity contribution in [2.75, 3.05) is 0 Å². The van der Waals surface area contributed by atoms with Gasteiger partial charge >= 0.3 is 0 Å². The Morgan fingerprint density at radius 1 is 1.75 bits per heavy atom. The van der Waals surface area contributed by atoms with E-state index in [4.69, 9.17) is 5.26 Å². The molecule has 1 aromatic heterocycles. The normalized spacial score (nSPS) is 6.88. The highest BCUT2D eigenvalue weighted by molar-refractivity contribution is 5.13. The number of hydrogen-bond donors (Lipinski definition) is 1. The van der Waals surface area contributed by atoms with E-state index in [2.05, 4.69) is 9.97 Å². The van der Waals surface area contributed by atoms with Crippen molar-refractivity contribution in [3.8, 4) is 6.07 Å². The highest BCUT2D eigenvalue weighted by Gasteiger charge is 1.82. The lowest BCUT2D eigenvalue weighted by Crippen LogP contribution is -1.64. The molecule has 0 unspecified atom stereocenters. The molecular weight excluding hydrogens is 106 g/mol. The van der Waals surface area contributed by atoms with Gasteiger partial charge in [-0.15, -0.1) is 0 Å². The Bertz CT molecular complexity index is 174. The zero-order chi connectivity index (χ0) is 5.11. The van der Waals surface area contributed by atoms with Crippen LogP contribution in [0.1, 0.15) is 5.69 Å². The molecule has 0 amide bonds. The summed E-state index contributed by atoms with van der Waals surface area (Å²) in [6.07, 6.45) is 2.94. The fourth-order valence-electron chi connectivity index (χ4n) is 0.317. The molecule has 1 heterocycles. The summed E-state index contributed by atoms with van der Waals surface area (Å²) in [7, 11) is 0. The maximum absolute atomic E-state index is 8.11. The molecule has 0 saturated heterocycles. The van der Waals surface area contributed by atoms with E-state index in [-0.39, 0.29) is 5.48 Å². The number of nitriles is 1. The van der Waals surface area contributed by atoms with Crippen molar-refractivity contribution in [2.24, 2.45) is 0 Å². The lowest BCUT2D eigenvalue weighted by Gasteiger charge is -1.64. The fraction of sp³-hybridized carbons (Fsp3) is 0. The van der Waals surface area contributed by atoms with E-state index < -0.39 is 0 Å². The largest absolute Gasteiger partial charge is 0.412 e. The van der Waals surface area contributed by atoms with Crippen LogP contribution in [0.3, 0.4) is 0 Å². The van der Waals surface area contributed by atoms with Crippen LogP contribution in [0, 0.1) is 11.3 Å². The predicted octanol–water partition coefficient (Wildman–Crippen LogP) is -0.543. The van der Waals surface area contributed by atoms with Gasteiger partial charge in [0.1, 0.15) is 11.8 Å². The van der Waals surface area contributed by atoms with E-state index in [1.807, 2.05) is 6.07 Å². The van der Waals surface area contributed by atoms with Gasteiger partial charge in [-0.05, 0) is 0 Å². The molecule has 0 aromatic carbocycles. The highest BCUT2D eigenvalue weighted by Crippen LogP contribution is 1.82. The molecule has 1 aromatic rings. The Balaban J connectivity index is 0.000000490. The third-order valence-electron chi connectivity index (χ3n) is 0.619. The van der Waals surface area contributed by atoms with Crippen LogP contribution in [0.25, 0.3) is 0 Å². The fourth-order valence-corrected chi connectivity index (χ4v) is 0.317. The summed E-state index contributed by atoms with van der Waals surface area (Å²) < 4.78 is 0. The van der Waals surface area contributed by atoms with Crippen LogP contribution in [0.4, 0.5) is 0 Å². The lowest BCUT2D eigenvalue weighted by molar-refractivity contribution is 0.824. The van der Waals surface area contributed by atoms with Crippen LogP contribution in [-0.2, 0) is 0 Å². The van der Waals surface area contributed by atoms with Crippen LogP contribution in [0.5, 0.6) is 0 Å². The first-order valence-corrected chi connectivity index (χ1v) is 1.82. The average Bonchev–Trinajstić information content (AvgIpc) is 2.14. The van der Waals surface area contributed by atoms with Gasteiger partial charge in [-0.25, -0.2) is 4.98 Å². The van der Waals surface area contributed by atoms with Gasteiger partial charge in [0.25, 0.3) is 0 Å². The number of nitrogens with one attached hydrogen (secondary N) is 1.